The summed E-state index contributed by atoms with van der Waals surface area (Å²) in [6.45, 7) is 6.26. The van der Waals surface area contributed by atoms with Gasteiger partial charge < -0.3 is 14.9 Å². The van der Waals surface area contributed by atoms with Crippen LogP contribution in [0.4, 0.5) is 20.2 Å². The third-order valence-electron chi connectivity index (χ3n) is 7.28. The van der Waals surface area contributed by atoms with E-state index in [2.05, 4.69) is 19.6 Å². The van der Waals surface area contributed by atoms with Gasteiger partial charge in [0.15, 0.2) is 0 Å². The number of anilines is 2. The second-order valence-electron chi connectivity index (χ2n) is 9.63. The summed E-state index contributed by atoms with van der Waals surface area (Å²) in [7, 11) is 0. The number of phenolic OH excluding ortho intramolecular Hbond substituents is 1. The molecule has 0 unspecified atom stereocenters. The summed E-state index contributed by atoms with van der Waals surface area (Å²) >= 11 is 12.0. The van der Waals surface area contributed by atoms with E-state index in [1.165, 1.54) is 0 Å². The molecule has 0 aromatic heterocycles. The number of nitrogens with zero attached hydrogens (tertiary/aromatic N) is 4. The van der Waals surface area contributed by atoms with Gasteiger partial charge >= 0.3 is 0 Å². The topological polar surface area (TPSA) is 33.2 Å². The molecule has 9 heteroatoms. The van der Waals surface area contributed by atoms with E-state index < -0.39 is 11.6 Å². The molecule has 3 aromatic carbocycles. The number of rotatable bonds is 6. The molecule has 196 valence electrons. The Hall–Kier alpha value is -2.58. The molecule has 2 saturated heterocycles. The summed E-state index contributed by atoms with van der Waals surface area (Å²) in [4.78, 5) is 8.64. The van der Waals surface area contributed by atoms with Gasteiger partial charge in [0, 0.05) is 104 Å². The number of hydrogen-bond acceptors (Lipinski definition) is 5. The summed E-state index contributed by atoms with van der Waals surface area (Å²) < 4.78 is 30.4. The molecule has 0 amide bonds. The van der Waals surface area contributed by atoms with E-state index in [0.717, 1.165) is 43.6 Å². The molecule has 0 saturated carbocycles. The summed E-state index contributed by atoms with van der Waals surface area (Å²) in [6, 6.07) is 16.5. The van der Waals surface area contributed by atoms with E-state index in [4.69, 9.17) is 23.2 Å². The van der Waals surface area contributed by atoms with Gasteiger partial charge in [-0.15, -0.1) is 0 Å². The Morgan fingerprint density at radius 2 is 1.03 bits per heavy atom. The summed E-state index contributed by atoms with van der Waals surface area (Å²) in [6.07, 6.45) is 0. The average Bonchev–Trinajstić information content (AvgIpc) is 2.91. The molecule has 3 aromatic rings. The number of halogens is 4. The van der Waals surface area contributed by atoms with Gasteiger partial charge in [-0.2, -0.15) is 0 Å². The lowest BCUT2D eigenvalue weighted by Crippen LogP contribution is -2.46. The van der Waals surface area contributed by atoms with Crippen molar-refractivity contribution in [3.63, 3.8) is 0 Å². The summed E-state index contributed by atoms with van der Waals surface area (Å²) in [5.41, 5.74) is 2.37. The molecule has 2 aliphatic rings. The van der Waals surface area contributed by atoms with E-state index in [9.17, 15) is 9.50 Å². The smallest absolute Gasteiger partial charge is 0.138 e. The minimum atomic E-state index is -0.702. The van der Waals surface area contributed by atoms with Crippen molar-refractivity contribution in [1.29, 1.82) is 0 Å². The maximum atomic E-state index is 15.6. The van der Waals surface area contributed by atoms with Crippen molar-refractivity contribution in [1.82, 2.24) is 9.80 Å². The third-order valence-corrected chi connectivity index (χ3v) is 7.79. The Labute approximate surface area is 226 Å². The first kappa shape index (κ1) is 26.0. The molecule has 2 fully saturated rings. The second-order valence-corrected chi connectivity index (χ2v) is 10.5. The molecule has 5 nitrogen and oxygen atoms in total. The maximum Gasteiger partial charge on any atom is 0.138 e. The van der Waals surface area contributed by atoms with E-state index in [-0.39, 0.29) is 30.0 Å². The highest BCUT2D eigenvalue weighted by Gasteiger charge is 2.26. The fraction of sp³-hybridized carbons (Fsp3) is 0.357. The molecule has 5 rings (SSSR count). The van der Waals surface area contributed by atoms with Crippen LogP contribution in [-0.2, 0) is 13.1 Å². The Morgan fingerprint density at radius 1 is 0.622 bits per heavy atom. The van der Waals surface area contributed by atoms with Crippen molar-refractivity contribution in [2.24, 2.45) is 0 Å². The Balaban J connectivity index is 1.20. The fourth-order valence-electron chi connectivity index (χ4n) is 5.07. The van der Waals surface area contributed by atoms with E-state index in [1.54, 1.807) is 0 Å². The molecule has 0 atom stereocenters. The first-order valence-electron chi connectivity index (χ1n) is 12.5. The minimum absolute atomic E-state index is 0.0209. The molecule has 0 radical (unpaired) electrons. The van der Waals surface area contributed by atoms with Crippen LogP contribution in [0.5, 0.6) is 5.75 Å². The molecule has 1 N–H and O–H groups in total. The molecular weight excluding hydrogens is 517 g/mol. The van der Waals surface area contributed by atoms with Gasteiger partial charge in [-0.05, 0) is 48.5 Å². The van der Waals surface area contributed by atoms with Crippen LogP contribution in [-0.4, -0.2) is 67.3 Å². The second kappa shape index (κ2) is 11.4. The lowest BCUT2D eigenvalue weighted by atomic mass is 10.1. The fourth-order valence-corrected chi connectivity index (χ4v) is 5.32. The molecular formula is C28H30Cl2F2N4O. The van der Waals surface area contributed by atoms with Crippen molar-refractivity contribution in [2.45, 2.75) is 13.1 Å². The van der Waals surface area contributed by atoms with Crippen LogP contribution in [0.3, 0.4) is 0 Å². The van der Waals surface area contributed by atoms with Crippen LogP contribution < -0.4 is 9.80 Å². The molecule has 37 heavy (non-hydrogen) atoms. The monoisotopic (exact) mass is 546 g/mol. The van der Waals surface area contributed by atoms with Crippen LogP contribution in [0, 0.1) is 11.6 Å². The van der Waals surface area contributed by atoms with Gasteiger partial charge in [-0.25, -0.2) is 8.78 Å². The Morgan fingerprint density at radius 3 is 1.46 bits per heavy atom. The quantitative estimate of drug-likeness (QED) is 0.433. The van der Waals surface area contributed by atoms with E-state index >= 15 is 4.39 Å². The highest BCUT2D eigenvalue weighted by molar-refractivity contribution is 6.30. The van der Waals surface area contributed by atoms with Crippen LogP contribution >= 0.6 is 23.2 Å². The Kier molecular flexibility index (Phi) is 8.05. The summed E-state index contributed by atoms with van der Waals surface area (Å²) in [5, 5.41) is 11.8. The van der Waals surface area contributed by atoms with Crippen LogP contribution in [0.25, 0.3) is 0 Å². The van der Waals surface area contributed by atoms with Crippen molar-refractivity contribution in [3.8, 4) is 5.75 Å². The van der Waals surface area contributed by atoms with Gasteiger partial charge in [-0.1, -0.05) is 23.2 Å². The van der Waals surface area contributed by atoms with Crippen molar-refractivity contribution >= 4 is 34.6 Å². The molecule has 0 aliphatic carbocycles. The molecule has 0 spiro atoms. The maximum absolute atomic E-state index is 15.6. The standard InChI is InChI=1S/C28H30Cl2F2N4O/c29-20-1-5-22(6-2-20)35-13-9-33(10-14-35)18-24-26(31)17-27(37)25(28(24)32)19-34-11-15-36(16-12-34)23-7-3-21(30)4-8-23/h1-8,17,37H,9-16,18-19H2. The number of piperazine rings is 2. The SMILES string of the molecule is Oc1cc(F)c(CN2CCN(c3ccc(Cl)cc3)CC2)c(F)c1CN1CCN(c2ccc(Cl)cc2)CC1. The predicted octanol–water partition coefficient (Wildman–Crippen LogP) is 5.62. The van der Waals surface area contributed by atoms with Crippen molar-refractivity contribution < 1.29 is 13.9 Å². The zero-order valence-corrected chi connectivity index (χ0v) is 22.0. The van der Waals surface area contributed by atoms with Crippen molar-refractivity contribution in [3.05, 3.63) is 87.4 Å². The first-order valence-corrected chi connectivity index (χ1v) is 13.3. The number of aromatic hydroxyl groups is 1. The van der Waals surface area contributed by atoms with E-state index in [1.807, 2.05) is 48.5 Å². The largest absolute Gasteiger partial charge is 0.507 e. The highest BCUT2D eigenvalue weighted by atomic mass is 35.5. The van der Waals surface area contributed by atoms with Gasteiger partial charge in [0.05, 0.1) is 0 Å². The normalized spacial score (nSPS) is 17.4. The lowest BCUT2D eigenvalue weighted by Gasteiger charge is -2.37. The molecule has 2 heterocycles. The highest BCUT2D eigenvalue weighted by Crippen LogP contribution is 2.30. The molecule has 2 aliphatic heterocycles. The average molecular weight is 547 g/mol. The lowest BCUT2D eigenvalue weighted by molar-refractivity contribution is 0.234. The number of hydrogen-bond donors (Lipinski definition) is 1. The van der Waals surface area contributed by atoms with Crippen LogP contribution in [0.2, 0.25) is 10.0 Å². The summed E-state index contributed by atoms with van der Waals surface area (Å²) in [5.74, 6) is -1.67. The minimum Gasteiger partial charge on any atom is -0.507 e. The van der Waals surface area contributed by atoms with Crippen LogP contribution in [0.15, 0.2) is 54.6 Å². The number of phenols is 1. The predicted molar refractivity (Wildman–Crippen MR) is 146 cm³/mol. The Bertz CT molecular complexity index is 1120. The third kappa shape index (κ3) is 6.12. The zero-order chi connectivity index (χ0) is 25.9. The van der Waals surface area contributed by atoms with Gasteiger partial charge in [0.1, 0.15) is 17.4 Å². The van der Waals surface area contributed by atoms with Gasteiger partial charge in [0.25, 0.3) is 0 Å². The first-order chi connectivity index (χ1) is 17.9. The van der Waals surface area contributed by atoms with Gasteiger partial charge in [0.2, 0.25) is 0 Å². The molecule has 0 bridgehead atoms. The van der Waals surface area contributed by atoms with Crippen LogP contribution in [0.1, 0.15) is 11.1 Å². The zero-order valence-electron chi connectivity index (χ0n) is 20.5. The van der Waals surface area contributed by atoms with Gasteiger partial charge in [-0.3, -0.25) is 9.80 Å². The number of benzene rings is 3. The van der Waals surface area contributed by atoms with E-state index in [0.29, 0.717) is 36.2 Å². The van der Waals surface area contributed by atoms with Crippen molar-refractivity contribution in [2.75, 3.05) is 62.2 Å².